The number of rotatable bonds is 4. The van der Waals surface area contributed by atoms with Gasteiger partial charge >= 0.3 is 0 Å². The average Bonchev–Trinajstić information content (AvgIpc) is 2.87. The summed E-state index contributed by atoms with van der Waals surface area (Å²) in [4.78, 5) is 4.49. The molecule has 2 aromatic rings. The third-order valence-electron chi connectivity index (χ3n) is 4.37. The lowest BCUT2D eigenvalue weighted by Gasteiger charge is -2.27. The first-order valence-electron chi connectivity index (χ1n) is 7.88. The van der Waals surface area contributed by atoms with E-state index in [1.54, 1.807) is 0 Å². The van der Waals surface area contributed by atoms with Crippen LogP contribution in [0, 0.1) is 11.8 Å². The van der Waals surface area contributed by atoms with Crippen LogP contribution in [0.25, 0.3) is 11.1 Å². The zero-order chi connectivity index (χ0) is 13.9. The molecule has 1 aromatic heterocycles. The highest BCUT2D eigenvalue weighted by Gasteiger charge is 2.18. The topological polar surface area (TPSA) is 38.1 Å². The highest BCUT2D eigenvalue weighted by atomic mass is 16.3. The van der Waals surface area contributed by atoms with E-state index in [1.807, 2.05) is 6.07 Å². The monoisotopic (exact) mass is 272 g/mol. The molecule has 3 rings (SSSR count). The van der Waals surface area contributed by atoms with Crippen molar-refractivity contribution in [2.24, 2.45) is 11.8 Å². The van der Waals surface area contributed by atoms with Gasteiger partial charge in [-0.1, -0.05) is 26.7 Å². The molecule has 2 unspecified atom stereocenters. The SMILES string of the molecule is CCc1nc2cc(NCC3CCCC(C)C3)ccc2o1. The molecule has 0 radical (unpaired) electrons. The normalized spacial score (nSPS) is 23.1. The fourth-order valence-electron chi connectivity index (χ4n) is 3.24. The molecule has 0 saturated heterocycles. The third kappa shape index (κ3) is 2.97. The number of hydrogen-bond donors (Lipinski definition) is 1. The second kappa shape index (κ2) is 5.86. The van der Waals surface area contributed by atoms with Crippen LogP contribution in [0.1, 0.15) is 45.4 Å². The fourth-order valence-corrected chi connectivity index (χ4v) is 3.24. The molecule has 1 aliphatic rings. The Bertz CT molecular complexity index is 575. The zero-order valence-electron chi connectivity index (χ0n) is 12.5. The Hall–Kier alpha value is -1.51. The van der Waals surface area contributed by atoms with Crippen LogP contribution in [0.5, 0.6) is 0 Å². The van der Waals surface area contributed by atoms with Gasteiger partial charge in [0.1, 0.15) is 5.52 Å². The van der Waals surface area contributed by atoms with Gasteiger partial charge in [-0.15, -0.1) is 0 Å². The Balaban J connectivity index is 1.65. The molecular weight excluding hydrogens is 248 g/mol. The first kappa shape index (κ1) is 13.5. The van der Waals surface area contributed by atoms with Crippen molar-refractivity contribution in [3.63, 3.8) is 0 Å². The Morgan fingerprint density at radius 2 is 2.25 bits per heavy atom. The lowest BCUT2D eigenvalue weighted by Crippen LogP contribution is -2.20. The molecule has 0 spiro atoms. The van der Waals surface area contributed by atoms with Gasteiger partial charge < -0.3 is 9.73 Å². The van der Waals surface area contributed by atoms with Crippen LogP contribution in [0.15, 0.2) is 22.6 Å². The molecule has 0 bridgehead atoms. The maximum absolute atomic E-state index is 5.64. The van der Waals surface area contributed by atoms with E-state index in [0.717, 1.165) is 47.5 Å². The molecule has 1 saturated carbocycles. The predicted octanol–water partition coefficient (Wildman–Crippen LogP) is 4.63. The minimum Gasteiger partial charge on any atom is -0.441 e. The molecule has 1 N–H and O–H groups in total. The third-order valence-corrected chi connectivity index (χ3v) is 4.37. The molecule has 0 aliphatic heterocycles. The van der Waals surface area contributed by atoms with Crippen molar-refractivity contribution in [1.29, 1.82) is 0 Å². The summed E-state index contributed by atoms with van der Waals surface area (Å²) in [6.45, 7) is 5.52. The van der Waals surface area contributed by atoms with Crippen LogP contribution in [0.4, 0.5) is 5.69 Å². The molecular formula is C17H24N2O. The van der Waals surface area contributed by atoms with E-state index in [0.29, 0.717) is 0 Å². The summed E-state index contributed by atoms with van der Waals surface area (Å²) >= 11 is 0. The number of oxazole rings is 1. The molecule has 20 heavy (non-hydrogen) atoms. The molecule has 108 valence electrons. The van der Waals surface area contributed by atoms with Crippen molar-refractivity contribution in [2.45, 2.75) is 46.0 Å². The van der Waals surface area contributed by atoms with Gasteiger partial charge in [0.25, 0.3) is 0 Å². The summed E-state index contributed by atoms with van der Waals surface area (Å²) < 4.78 is 5.64. The largest absolute Gasteiger partial charge is 0.441 e. The summed E-state index contributed by atoms with van der Waals surface area (Å²) in [6.07, 6.45) is 6.36. The van der Waals surface area contributed by atoms with Crippen molar-refractivity contribution < 1.29 is 4.42 Å². The second-order valence-corrected chi connectivity index (χ2v) is 6.16. The lowest BCUT2D eigenvalue weighted by molar-refractivity contribution is 0.293. The number of hydrogen-bond acceptors (Lipinski definition) is 3. The van der Waals surface area contributed by atoms with E-state index in [4.69, 9.17) is 4.42 Å². The summed E-state index contributed by atoms with van der Waals surface area (Å²) in [6, 6.07) is 6.22. The van der Waals surface area contributed by atoms with Gasteiger partial charge in [-0.2, -0.15) is 0 Å². The predicted molar refractivity (Wildman–Crippen MR) is 83.0 cm³/mol. The molecule has 1 heterocycles. The van der Waals surface area contributed by atoms with Crippen LogP contribution in [0.3, 0.4) is 0 Å². The van der Waals surface area contributed by atoms with E-state index < -0.39 is 0 Å². The van der Waals surface area contributed by atoms with Gasteiger partial charge in [-0.05, 0) is 42.9 Å². The number of aryl methyl sites for hydroxylation is 1. The van der Waals surface area contributed by atoms with Crippen molar-refractivity contribution in [3.8, 4) is 0 Å². The van der Waals surface area contributed by atoms with Gasteiger partial charge in [-0.3, -0.25) is 0 Å². The van der Waals surface area contributed by atoms with Gasteiger partial charge in [-0.25, -0.2) is 4.98 Å². The number of benzene rings is 1. The summed E-state index contributed by atoms with van der Waals surface area (Å²) in [5.41, 5.74) is 3.01. The second-order valence-electron chi connectivity index (χ2n) is 6.16. The van der Waals surface area contributed by atoms with Gasteiger partial charge in [0.2, 0.25) is 0 Å². The number of anilines is 1. The van der Waals surface area contributed by atoms with Crippen molar-refractivity contribution in [1.82, 2.24) is 4.98 Å². The highest BCUT2D eigenvalue weighted by molar-refractivity contribution is 5.77. The Morgan fingerprint density at radius 1 is 1.35 bits per heavy atom. The fraction of sp³-hybridized carbons (Fsp3) is 0.588. The number of nitrogens with zero attached hydrogens (tertiary/aromatic N) is 1. The zero-order valence-corrected chi connectivity index (χ0v) is 12.5. The Morgan fingerprint density at radius 3 is 3.05 bits per heavy atom. The molecule has 0 amide bonds. The summed E-state index contributed by atoms with van der Waals surface area (Å²) in [7, 11) is 0. The molecule has 2 atom stereocenters. The van der Waals surface area contributed by atoms with Crippen LogP contribution >= 0.6 is 0 Å². The molecule has 1 aromatic carbocycles. The number of nitrogens with one attached hydrogen (secondary N) is 1. The molecule has 3 heteroatoms. The minimum atomic E-state index is 0.818. The van der Waals surface area contributed by atoms with Crippen LogP contribution in [-0.2, 0) is 6.42 Å². The summed E-state index contributed by atoms with van der Waals surface area (Å²) in [5, 5.41) is 3.57. The van der Waals surface area contributed by atoms with Crippen molar-refractivity contribution in [2.75, 3.05) is 11.9 Å². The van der Waals surface area contributed by atoms with E-state index >= 15 is 0 Å². The quantitative estimate of drug-likeness (QED) is 0.882. The van der Waals surface area contributed by atoms with Crippen LogP contribution < -0.4 is 5.32 Å². The summed E-state index contributed by atoms with van der Waals surface area (Å²) in [5.74, 6) is 2.52. The van der Waals surface area contributed by atoms with Gasteiger partial charge in [0.15, 0.2) is 11.5 Å². The smallest absolute Gasteiger partial charge is 0.195 e. The first-order valence-corrected chi connectivity index (χ1v) is 7.88. The van der Waals surface area contributed by atoms with E-state index in [1.165, 1.54) is 25.7 Å². The first-order chi connectivity index (χ1) is 9.74. The highest BCUT2D eigenvalue weighted by Crippen LogP contribution is 2.29. The standard InChI is InChI=1S/C17H24N2O/c1-3-17-19-15-10-14(7-8-16(15)20-17)18-11-13-6-4-5-12(2)9-13/h7-8,10,12-13,18H,3-6,9,11H2,1-2H3. The molecule has 1 fully saturated rings. The molecule has 1 aliphatic carbocycles. The minimum absolute atomic E-state index is 0.818. The van der Waals surface area contributed by atoms with Crippen molar-refractivity contribution >= 4 is 16.8 Å². The number of fused-ring (bicyclic) bond motifs is 1. The maximum Gasteiger partial charge on any atom is 0.195 e. The Labute approximate surface area is 120 Å². The van der Waals surface area contributed by atoms with E-state index in [9.17, 15) is 0 Å². The maximum atomic E-state index is 5.64. The van der Waals surface area contributed by atoms with E-state index in [-0.39, 0.29) is 0 Å². The van der Waals surface area contributed by atoms with Crippen LogP contribution in [0.2, 0.25) is 0 Å². The lowest BCUT2D eigenvalue weighted by atomic mass is 9.82. The van der Waals surface area contributed by atoms with Crippen molar-refractivity contribution in [3.05, 3.63) is 24.1 Å². The van der Waals surface area contributed by atoms with E-state index in [2.05, 4.69) is 36.3 Å². The Kier molecular flexibility index (Phi) is 3.95. The average molecular weight is 272 g/mol. The van der Waals surface area contributed by atoms with Gasteiger partial charge in [0.05, 0.1) is 0 Å². The van der Waals surface area contributed by atoms with Gasteiger partial charge in [0, 0.05) is 18.7 Å². The van der Waals surface area contributed by atoms with Crippen LogP contribution in [-0.4, -0.2) is 11.5 Å². The number of aromatic nitrogens is 1. The molecule has 3 nitrogen and oxygen atoms in total.